The Hall–Kier alpha value is -3.07. The first kappa shape index (κ1) is 16.4. The molecule has 0 spiro atoms. The monoisotopic (exact) mass is 344 g/mol. The van der Waals surface area contributed by atoms with Gasteiger partial charge in [-0.05, 0) is 40.8 Å². The molecule has 0 amide bonds. The van der Waals surface area contributed by atoms with Crippen molar-refractivity contribution in [1.29, 1.82) is 0 Å². The fraction of sp³-hybridized carbons (Fsp3) is 0.174. The maximum atomic E-state index is 11.5. The van der Waals surface area contributed by atoms with Crippen LogP contribution < -0.4 is 0 Å². The number of carbonyl (C=O) groups excluding carboxylic acids is 1. The van der Waals surface area contributed by atoms with Gasteiger partial charge in [0.2, 0.25) is 0 Å². The van der Waals surface area contributed by atoms with Crippen molar-refractivity contribution in [2.75, 3.05) is 0 Å². The summed E-state index contributed by atoms with van der Waals surface area (Å²) in [6, 6.07) is 17.4. The van der Waals surface area contributed by atoms with E-state index in [1.807, 2.05) is 48.5 Å². The molecule has 0 atom stereocenters. The predicted octanol–water partition coefficient (Wildman–Crippen LogP) is 6.07. The molecule has 0 aliphatic heterocycles. The summed E-state index contributed by atoms with van der Waals surface area (Å²) in [5, 5.41) is 12.7. The van der Waals surface area contributed by atoms with E-state index in [0.29, 0.717) is 17.4 Å². The van der Waals surface area contributed by atoms with Crippen LogP contribution >= 0.6 is 0 Å². The number of phenols is 1. The van der Waals surface area contributed by atoms with Gasteiger partial charge in [0, 0.05) is 16.3 Å². The lowest BCUT2D eigenvalue weighted by Gasteiger charge is -2.21. The number of hydrogen-bond acceptors (Lipinski definition) is 3. The number of hydrogen-bond donors (Lipinski definition) is 1. The molecule has 3 nitrogen and oxygen atoms in total. The molecule has 26 heavy (non-hydrogen) atoms. The third-order valence-electron chi connectivity index (χ3n) is 4.83. The fourth-order valence-corrected chi connectivity index (χ4v) is 3.38. The number of rotatable bonds is 2. The normalized spacial score (nSPS) is 12.0. The molecular weight excluding hydrogens is 324 g/mol. The maximum Gasteiger partial charge on any atom is 0.153 e. The average molecular weight is 344 g/mol. The molecule has 1 aromatic heterocycles. The molecular formula is C23H20O3. The van der Waals surface area contributed by atoms with Crippen LogP contribution in [0.15, 0.2) is 59.0 Å². The zero-order valence-corrected chi connectivity index (χ0v) is 15.0. The van der Waals surface area contributed by atoms with Crippen molar-refractivity contribution in [2.24, 2.45) is 0 Å². The first-order valence-corrected chi connectivity index (χ1v) is 8.63. The third-order valence-corrected chi connectivity index (χ3v) is 4.83. The minimum absolute atomic E-state index is 0.00535. The fourth-order valence-electron chi connectivity index (χ4n) is 3.38. The minimum atomic E-state index is -0.146. The zero-order chi connectivity index (χ0) is 18.5. The van der Waals surface area contributed by atoms with E-state index in [0.717, 1.165) is 33.1 Å². The van der Waals surface area contributed by atoms with E-state index >= 15 is 0 Å². The van der Waals surface area contributed by atoms with Crippen LogP contribution in [0.1, 0.15) is 36.7 Å². The molecule has 0 fully saturated rings. The number of aromatic hydroxyl groups is 1. The molecule has 3 aromatic carbocycles. The Bertz CT molecular complexity index is 1140. The van der Waals surface area contributed by atoms with Crippen LogP contribution in [-0.4, -0.2) is 11.4 Å². The van der Waals surface area contributed by atoms with E-state index in [1.165, 1.54) is 0 Å². The van der Waals surface area contributed by atoms with E-state index in [-0.39, 0.29) is 11.2 Å². The Kier molecular flexibility index (Phi) is 3.62. The van der Waals surface area contributed by atoms with Crippen molar-refractivity contribution in [2.45, 2.75) is 26.2 Å². The van der Waals surface area contributed by atoms with Crippen molar-refractivity contribution < 1.29 is 14.3 Å². The van der Waals surface area contributed by atoms with E-state index in [4.69, 9.17) is 4.42 Å². The molecule has 4 aromatic rings. The smallest absolute Gasteiger partial charge is 0.153 e. The lowest BCUT2D eigenvalue weighted by atomic mass is 9.83. The molecule has 0 aliphatic rings. The second kappa shape index (κ2) is 5.73. The molecule has 3 heteroatoms. The Morgan fingerprint density at radius 3 is 2.38 bits per heavy atom. The SMILES string of the molecule is CC(C)(C)c1cc(C=O)c(O)c(-c2cccc3oc4ccccc4c23)c1. The van der Waals surface area contributed by atoms with E-state index in [1.54, 1.807) is 6.07 Å². The summed E-state index contributed by atoms with van der Waals surface area (Å²) in [7, 11) is 0. The molecule has 0 bridgehead atoms. The van der Waals surface area contributed by atoms with Gasteiger partial charge in [-0.15, -0.1) is 0 Å². The van der Waals surface area contributed by atoms with Crippen molar-refractivity contribution >= 4 is 28.2 Å². The summed E-state index contributed by atoms with van der Waals surface area (Å²) < 4.78 is 5.96. The van der Waals surface area contributed by atoms with Gasteiger partial charge in [-0.3, -0.25) is 4.79 Å². The van der Waals surface area contributed by atoms with Gasteiger partial charge in [0.15, 0.2) is 6.29 Å². The molecule has 0 saturated carbocycles. The molecule has 4 rings (SSSR count). The van der Waals surface area contributed by atoms with Gasteiger partial charge >= 0.3 is 0 Å². The van der Waals surface area contributed by atoms with Crippen molar-refractivity contribution in [3.63, 3.8) is 0 Å². The highest BCUT2D eigenvalue weighted by molar-refractivity contribution is 6.13. The van der Waals surface area contributed by atoms with Gasteiger partial charge in [-0.2, -0.15) is 0 Å². The summed E-state index contributed by atoms with van der Waals surface area (Å²) in [6.07, 6.45) is 0.710. The number of furan rings is 1. The van der Waals surface area contributed by atoms with Crippen LogP contribution in [0.5, 0.6) is 5.75 Å². The van der Waals surface area contributed by atoms with Crippen molar-refractivity contribution in [1.82, 2.24) is 0 Å². The summed E-state index contributed by atoms with van der Waals surface area (Å²) in [4.78, 5) is 11.5. The van der Waals surface area contributed by atoms with Gasteiger partial charge in [0.1, 0.15) is 16.9 Å². The Balaban J connectivity index is 2.12. The Morgan fingerprint density at radius 1 is 0.923 bits per heavy atom. The average Bonchev–Trinajstić information content (AvgIpc) is 2.99. The van der Waals surface area contributed by atoms with E-state index in [9.17, 15) is 9.90 Å². The van der Waals surface area contributed by atoms with Crippen LogP contribution in [0, 0.1) is 0 Å². The highest BCUT2D eigenvalue weighted by Crippen LogP contribution is 2.42. The number of phenolic OH excluding ortho intramolecular Hbond substituents is 1. The summed E-state index contributed by atoms with van der Waals surface area (Å²) in [5.41, 5.74) is 4.23. The standard InChI is InChI=1S/C23H20O3/c1-23(2,3)15-11-14(13-24)22(25)18(12-15)16-8-6-10-20-21(16)17-7-4-5-9-19(17)26-20/h4-13,25H,1-3H3. The molecule has 1 heterocycles. The number of carbonyl (C=O) groups is 1. The molecule has 0 radical (unpaired) electrons. The lowest BCUT2D eigenvalue weighted by Crippen LogP contribution is -2.11. The number of benzene rings is 3. The lowest BCUT2D eigenvalue weighted by molar-refractivity contribution is 0.112. The van der Waals surface area contributed by atoms with E-state index in [2.05, 4.69) is 20.8 Å². The van der Waals surface area contributed by atoms with Crippen molar-refractivity contribution in [3.8, 4) is 16.9 Å². The van der Waals surface area contributed by atoms with E-state index < -0.39 is 0 Å². The Morgan fingerprint density at radius 2 is 1.65 bits per heavy atom. The van der Waals surface area contributed by atoms with Crippen molar-refractivity contribution in [3.05, 3.63) is 65.7 Å². The molecule has 0 unspecified atom stereocenters. The third kappa shape index (κ3) is 2.48. The second-order valence-electron chi connectivity index (χ2n) is 7.61. The maximum absolute atomic E-state index is 11.5. The van der Waals surface area contributed by atoms with Crippen LogP contribution in [0.3, 0.4) is 0 Å². The van der Waals surface area contributed by atoms with Gasteiger partial charge in [0.05, 0.1) is 5.56 Å². The summed E-state index contributed by atoms with van der Waals surface area (Å²) >= 11 is 0. The quantitative estimate of drug-likeness (QED) is 0.449. The molecule has 0 aliphatic carbocycles. The number of aldehydes is 1. The first-order valence-electron chi connectivity index (χ1n) is 8.63. The zero-order valence-electron chi connectivity index (χ0n) is 15.0. The minimum Gasteiger partial charge on any atom is -0.507 e. The summed E-state index contributed by atoms with van der Waals surface area (Å²) in [6.45, 7) is 6.27. The predicted molar refractivity (Wildman–Crippen MR) is 105 cm³/mol. The first-order chi connectivity index (χ1) is 12.4. The topological polar surface area (TPSA) is 50.4 Å². The van der Waals surface area contributed by atoms with Gasteiger partial charge < -0.3 is 9.52 Å². The molecule has 130 valence electrons. The van der Waals surface area contributed by atoms with Gasteiger partial charge in [0.25, 0.3) is 0 Å². The number of fused-ring (bicyclic) bond motifs is 3. The molecule has 0 saturated heterocycles. The van der Waals surface area contributed by atoms with Gasteiger partial charge in [-0.1, -0.05) is 51.1 Å². The largest absolute Gasteiger partial charge is 0.507 e. The highest BCUT2D eigenvalue weighted by atomic mass is 16.3. The molecule has 1 N–H and O–H groups in total. The van der Waals surface area contributed by atoms with Crippen LogP contribution in [0.2, 0.25) is 0 Å². The highest BCUT2D eigenvalue weighted by Gasteiger charge is 2.21. The van der Waals surface area contributed by atoms with Crippen LogP contribution in [0.25, 0.3) is 33.1 Å². The van der Waals surface area contributed by atoms with Gasteiger partial charge in [-0.25, -0.2) is 0 Å². The number of para-hydroxylation sites is 1. The Labute approximate surface area is 151 Å². The summed E-state index contributed by atoms with van der Waals surface area (Å²) in [5.74, 6) is 0.00535. The van der Waals surface area contributed by atoms with Crippen LogP contribution in [-0.2, 0) is 5.41 Å². The second-order valence-corrected chi connectivity index (χ2v) is 7.61. The van der Waals surface area contributed by atoms with Crippen LogP contribution in [0.4, 0.5) is 0 Å².